The Morgan fingerprint density at radius 1 is 1.45 bits per heavy atom. The van der Waals surface area contributed by atoms with Crippen molar-refractivity contribution >= 4 is 11.3 Å². The molecule has 0 unspecified atom stereocenters. The highest BCUT2D eigenvalue weighted by Gasteiger charge is 2.08. The lowest BCUT2D eigenvalue weighted by atomic mass is 10.2. The SMILES string of the molecule is N#CC(=CNc1cc(F)ccc1-n1ccnc1)c1nn[nH]n1. The lowest BCUT2D eigenvalue weighted by Gasteiger charge is -2.10. The predicted molar refractivity (Wildman–Crippen MR) is 74.9 cm³/mol. The summed E-state index contributed by atoms with van der Waals surface area (Å²) in [5.74, 6) is -0.256. The standard InChI is InChI=1S/C13H9FN8/c14-10-1-2-12(22-4-3-16-8-22)11(5-10)17-7-9(6-15)13-18-20-21-19-13/h1-5,7-8,17H,(H,18,19,20,21). The number of nitrogens with one attached hydrogen (secondary N) is 2. The summed E-state index contributed by atoms with van der Waals surface area (Å²) in [6.07, 6.45) is 6.32. The number of rotatable bonds is 4. The summed E-state index contributed by atoms with van der Waals surface area (Å²) in [6.45, 7) is 0. The average molecular weight is 296 g/mol. The highest BCUT2D eigenvalue weighted by atomic mass is 19.1. The molecule has 0 spiro atoms. The normalized spacial score (nSPS) is 11.2. The second-order valence-electron chi connectivity index (χ2n) is 4.18. The molecule has 22 heavy (non-hydrogen) atoms. The summed E-state index contributed by atoms with van der Waals surface area (Å²) in [5, 5.41) is 25.1. The van der Waals surface area contributed by atoms with Crippen LogP contribution in [0.1, 0.15) is 5.82 Å². The molecule has 0 amide bonds. The molecule has 0 fully saturated rings. The van der Waals surface area contributed by atoms with E-state index in [0.29, 0.717) is 11.4 Å². The van der Waals surface area contributed by atoms with Crippen LogP contribution in [0.15, 0.2) is 43.1 Å². The fourth-order valence-corrected chi connectivity index (χ4v) is 1.82. The number of halogens is 1. The quantitative estimate of drug-likeness (QED) is 0.706. The third-order valence-corrected chi connectivity index (χ3v) is 2.82. The van der Waals surface area contributed by atoms with E-state index < -0.39 is 5.82 Å². The van der Waals surface area contributed by atoms with Gasteiger partial charge in [-0.15, -0.1) is 10.2 Å². The van der Waals surface area contributed by atoms with E-state index in [1.807, 2.05) is 6.07 Å². The number of H-pyrrole nitrogens is 1. The van der Waals surface area contributed by atoms with Crippen molar-refractivity contribution in [3.05, 3.63) is 54.8 Å². The third-order valence-electron chi connectivity index (χ3n) is 2.82. The zero-order chi connectivity index (χ0) is 15.4. The zero-order valence-electron chi connectivity index (χ0n) is 11.1. The summed E-state index contributed by atoms with van der Waals surface area (Å²) in [7, 11) is 0. The van der Waals surface area contributed by atoms with E-state index in [-0.39, 0.29) is 11.4 Å². The van der Waals surface area contributed by atoms with Crippen molar-refractivity contribution in [2.24, 2.45) is 0 Å². The Bertz CT molecular complexity index is 830. The second kappa shape index (κ2) is 5.84. The van der Waals surface area contributed by atoms with E-state index >= 15 is 0 Å². The van der Waals surface area contributed by atoms with Crippen molar-refractivity contribution in [3.8, 4) is 11.8 Å². The number of aromatic nitrogens is 6. The number of allylic oxidation sites excluding steroid dienone is 1. The molecule has 108 valence electrons. The molecule has 0 aliphatic carbocycles. The Kier molecular flexibility index (Phi) is 3.57. The first-order valence-electron chi connectivity index (χ1n) is 6.16. The fraction of sp³-hybridized carbons (Fsp3) is 0. The molecule has 0 bridgehead atoms. The molecule has 3 rings (SSSR count). The number of tetrazole rings is 1. The van der Waals surface area contributed by atoms with Crippen LogP contribution in [0.3, 0.4) is 0 Å². The molecule has 0 saturated heterocycles. The molecule has 0 atom stereocenters. The van der Waals surface area contributed by atoms with Crippen LogP contribution in [-0.4, -0.2) is 30.2 Å². The number of benzene rings is 1. The first kappa shape index (κ1) is 13.4. The van der Waals surface area contributed by atoms with Crippen molar-refractivity contribution < 1.29 is 4.39 Å². The number of hydrogen-bond acceptors (Lipinski definition) is 6. The van der Waals surface area contributed by atoms with E-state index in [4.69, 9.17) is 5.26 Å². The zero-order valence-corrected chi connectivity index (χ0v) is 11.1. The highest BCUT2D eigenvalue weighted by molar-refractivity contribution is 5.75. The molecule has 8 nitrogen and oxygen atoms in total. The van der Waals surface area contributed by atoms with Crippen molar-refractivity contribution in [2.75, 3.05) is 5.32 Å². The number of imidazole rings is 1. The van der Waals surface area contributed by atoms with Crippen molar-refractivity contribution in [1.82, 2.24) is 30.2 Å². The first-order valence-corrected chi connectivity index (χ1v) is 6.16. The maximum absolute atomic E-state index is 13.5. The summed E-state index contributed by atoms with van der Waals surface area (Å²) < 4.78 is 15.2. The Balaban J connectivity index is 1.95. The maximum Gasteiger partial charge on any atom is 0.216 e. The lowest BCUT2D eigenvalue weighted by molar-refractivity contribution is 0.628. The number of aromatic amines is 1. The molecular formula is C13H9FN8. The fourth-order valence-electron chi connectivity index (χ4n) is 1.82. The summed E-state index contributed by atoms with van der Waals surface area (Å²) in [6, 6.07) is 6.21. The van der Waals surface area contributed by atoms with Crippen LogP contribution >= 0.6 is 0 Å². The minimum atomic E-state index is -0.405. The van der Waals surface area contributed by atoms with Gasteiger partial charge >= 0.3 is 0 Å². The van der Waals surface area contributed by atoms with Gasteiger partial charge in [0, 0.05) is 18.6 Å². The van der Waals surface area contributed by atoms with Gasteiger partial charge in [-0.05, 0) is 23.4 Å². The van der Waals surface area contributed by atoms with Gasteiger partial charge in [0.1, 0.15) is 17.5 Å². The molecule has 1 aromatic carbocycles. The molecule has 0 aliphatic heterocycles. The Hall–Kier alpha value is -3.54. The molecule has 3 aromatic rings. The number of hydrogen-bond donors (Lipinski definition) is 2. The van der Waals surface area contributed by atoms with E-state index in [1.54, 1.807) is 29.4 Å². The van der Waals surface area contributed by atoms with Gasteiger partial charge < -0.3 is 9.88 Å². The van der Waals surface area contributed by atoms with Crippen molar-refractivity contribution in [2.45, 2.75) is 0 Å². The molecule has 2 N–H and O–H groups in total. The lowest BCUT2D eigenvalue weighted by Crippen LogP contribution is -2.00. The van der Waals surface area contributed by atoms with Gasteiger partial charge in [0.05, 0.1) is 17.7 Å². The van der Waals surface area contributed by atoms with Gasteiger partial charge in [0.25, 0.3) is 0 Å². The van der Waals surface area contributed by atoms with Crippen LogP contribution in [0.25, 0.3) is 11.3 Å². The largest absolute Gasteiger partial charge is 0.359 e. The summed E-state index contributed by atoms with van der Waals surface area (Å²) in [5.41, 5.74) is 1.31. The number of nitriles is 1. The monoisotopic (exact) mass is 296 g/mol. The summed E-state index contributed by atoms with van der Waals surface area (Å²) >= 11 is 0. The van der Waals surface area contributed by atoms with Crippen molar-refractivity contribution in [3.63, 3.8) is 0 Å². The molecule has 0 saturated carbocycles. The Morgan fingerprint density at radius 3 is 3.05 bits per heavy atom. The van der Waals surface area contributed by atoms with Crippen LogP contribution in [0, 0.1) is 17.1 Å². The smallest absolute Gasteiger partial charge is 0.216 e. The van der Waals surface area contributed by atoms with E-state index in [2.05, 4.69) is 30.9 Å². The van der Waals surface area contributed by atoms with Crippen LogP contribution in [0.4, 0.5) is 10.1 Å². The minimum absolute atomic E-state index is 0.149. The van der Waals surface area contributed by atoms with Crippen LogP contribution in [0.5, 0.6) is 0 Å². The van der Waals surface area contributed by atoms with Gasteiger partial charge in [0.15, 0.2) is 0 Å². The van der Waals surface area contributed by atoms with Crippen molar-refractivity contribution in [1.29, 1.82) is 5.26 Å². The second-order valence-corrected chi connectivity index (χ2v) is 4.18. The average Bonchev–Trinajstić information content (AvgIpc) is 3.21. The topological polar surface area (TPSA) is 108 Å². The molecule has 9 heteroatoms. The van der Waals surface area contributed by atoms with Gasteiger partial charge in [0.2, 0.25) is 5.82 Å². The van der Waals surface area contributed by atoms with E-state index in [1.165, 1.54) is 18.3 Å². The Morgan fingerprint density at radius 2 is 2.36 bits per heavy atom. The highest BCUT2D eigenvalue weighted by Crippen LogP contribution is 2.22. The minimum Gasteiger partial charge on any atom is -0.359 e. The molecule has 2 heterocycles. The van der Waals surface area contributed by atoms with Crippen LogP contribution in [0.2, 0.25) is 0 Å². The molecule has 0 aliphatic rings. The first-order chi connectivity index (χ1) is 10.8. The van der Waals surface area contributed by atoms with Gasteiger partial charge in [-0.25, -0.2) is 9.37 Å². The molecule has 0 radical (unpaired) electrons. The molecular weight excluding hydrogens is 287 g/mol. The molecule has 2 aromatic heterocycles. The van der Waals surface area contributed by atoms with Gasteiger partial charge in [-0.3, -0.25) is 0 Å². The van der Waals surface area contributed by atoms with Gasteiger partial charge in [-0.2, -0.15) is 10.5 Å². The van der Waals surface area contributed by atoms with Crippen LogP contribution < -0.4 is 5.32 Å². The van der Waals surface area contributed by atoms with E-state index in [0.717, 1.165) is 0 Å². The Labute approximate surface area is 123 Å². The number of anilines is 1. The predicted octanol–water partition coefficient (Wildman–Crippen LogP) is 1.50. The summed E-state index contributed by atoms with van der Waals surface area (Å²) in [4.78, 5) is 3.96. The maximum atomic E-state index is 13.5. The van der Waals surface area contributed by atoms with Crippen LogP contribution in [-0.2, 0) is 0 Å². The number of nitrogens with zero attached hydrogens (tertiary/aromatic N) is 6. The third kappa shape index (κ3) is 2.66. The van der Waals surface area contributed by atoms with E-state index in [9.17, 15) is 4.39 Å². The van der Waals surface area contributed by atoms with Gasteiger partial charge in [-0.1, -0.05) is 0 Å².